The first-order valence-electron chi connectivity index (χ1n) is 10.8. The van der Waals surface area contributed by atoms with E-state index in [9.17, 15) is 14.0 Å². The number of hydrazine groups is 1. The Kier molecular flexibility index (Phi) is 5.96. The number of carbonyl (C=O) groups excluding carboxylic acids is 2. The number of hydrogen-bond acceptors (Lipinski definition) is 5. The molecule has 8 nitrogen and oxygen atoms in total. The molecule has 3 heterocycles. The van der Waals surface area contributed by atoms with E-state index in [0.29, 0.717) is 27.9 Å². The van der Waals surface area contributed by atoms with Gasteiger partial charge in [0.15, 0.2) is 5.65 Å². The quantitative estimate of drug-likeness (QED) is 0.384. The third-order valence-corrected chi connectivity index (χ3v) is 5.36. The highest BCUT2D eigenvalue weighted by atomic mass is 19.1. The highest BCUT2D eigenvalue weighted by molar-refractivity contribution is 6.07. The van der Waals surface area contributed by atoms with Gasteiger partial charge in [0.1, 0.15) is 5.82 Å². The molecule has 0 atom stereocenters. The number of carbonyl (C=O) groups is 2. The maximum absolute atomic E-state index is 13.7. The molecule has 3 aromatic heterocycles. The summed E-state index contributed by atoms with van der Waals surface area (Å²) in [5, 5.41) is 4.89. The summed E-state index contributed by atoms with van der Waals surface area (Å²) in [6.45, 7) is 0.269. The Hall–Kier alpha value is -4.92. The SMILES string of the molecule is O=C(NNC(=O)c1cc(-c2ccccc2)nc2c1cnn2Cc1cccc(F)c1)c1cccnc1. The van der Waals surface area contributed by atoms with E-state index >= 15 is 0 Å². The Morgan fingerprint density at radius 3 is 2.49 bits per heavy atom. The number of hydrogen-bond donors (Lipinski definition) is 2. The van der Waals surface area contributed by atoms with E-state index in [1.807, 2.05) is 30.3 Å². The lowest BCUT2D eigenvalue weighted by Gasteiger charge is -2.11. The lowest BCUT2D eigenvalue weighted by molar-refractivity contribution is 0.0847. The fourth-order valence-corrected chi connectivity index (χ4v) is 3.67. The summed E-state index contributed by atoms with van der Waals surface area (Å²) in [7, 11) is 0. The molecule has 0 fully saturated rings. The van der Waals surface area contributed by atoms with E-state index in [4.69, 9.17) is 4.98 Å². The standard InChI is InChI=1S/C26H19FN6O2/c27-20-10-4-6-17(12-20)16-33-24-22(15-29-33)21(13-23(30-24)18-7-2-1-3-8-18)26(35)32-31-25(34)19-9-5-11-28-14-19/h1-15H,16H2,(H,31,34)(H,32,35). The Balaban J connectivity index is 1.51. The third-order valence-electron chi connectivity index (χ3n) is 5.36. The maximum atomic E-state index is 13.7. The summed E-state index contributed by atoms with van der Waals surface area (Å²) in [5.41, 5.74) is 7.98. The molecule has 0 unspecified atom stereocenters. The van der Waals surface area contributed by atoms with Crippen molar-refractivity contribution in [3.63, 3.8) is 0 Å². The van der Waals surface area contributed by atoms with Crippen molar-refractivity contribution in [2.45, 2.75) is 6.54 Å². The monoisotopic (exact) mass is 466 g/mol. The lowest BCUT2D eigenvalue weighted by atomic mass is 10.1. The number of amides is 2. The van der Waals surface area contributed by atoms with Crippen molar-refractivity contribution < 1.29 is 14.0 Å². The minimum Gasteiger partial charge on any atom is -0.267 e. The normalized spacial score (nSPS) is 10.8. The molecule has 2 aromatic carbocycles. The minimum atomic E-state index is -0.530. The second-order valence-corrected chi connectivity index (χ2v) is 7.74. The van der Waals surface area contributed by atoms with Crippen LogP contribution in [-0.2, 0) is 6.54 Å². The predicted octanol–water partition coefficient (Wildman–Crippen LogP) is 3.76. The number of benzene rings is 2. The zero-order valence-electron chi connectivity index (χ0n) is 18.4. The first kappa shape index (κ1) is 21.9. The topological polar surface area (TPSA) is 102 Å². The highest BCUT2D eigenvalue weighted by Gasteiger charge is 2.18. The summed E-state index contributed by atoms with van der Waals surface area (Å²) in [6.07, 6.45) is 4.49. The number of rotatable bonds is 5. The van der Waals surface area contributed by atoms with Crippen LogP contribution in [0.25, 0.3) is 22.3 Å². The van der Waals surface area contributed by atoms with Crippen molar-refractivity contribution >= 4 is 22.8 Å². The van der Waals surface area contributed by atoms with Crippen LogP contribution in [0.4, 0.5) is 4.39 Å². The van der Waals surface area contributed by atoms with Gasteiger partial charge in [0, 0.05) is 18.0 Å². The zero-order valence-corrected chi connectivity index (χ0v) is 18.4. The molecule has 2 N–H and O–H groups in total. The fraction of sp³-hybridized carbons (Fsp3) is 0.0385. The van der Waals surface area contributed by atoms with Crippen molar-refractivity contribution in [1.82, 2.24) is 30.6 Å². The van der Waals surface area contributed by atoms with E-state index in [2.05, 4.69) is 20.9 Å². The number of aromatic nitrogens is 4. The van der Waals surface area contributed by atoms with Gasteiger partial charge < -0.3 is 0 Å². The van der Waals surface area contributed by atoms with E-state index < -0.39 is 11.8 Å². The van der Waals surface area contributed by atoms with Gasteiger partial charge in [-0.2, -0.15) is 5.10 Å². The molecular weight excluding hydrogens is 447 g/mol. The summed E-state index contributed by atoms with van der Waals surface area (Å²) >= 11 is 0. The Labute approximate surface area is 199 Å². The van der Waals surface area contributed by atoms with Crippen LogP contribution in [0.2, 0.25) is 0 Å². The van der Waals surface area contributed by atoms with Gasteiger partial charge in [-0.3, -0.25) is 25.4 Å². The molecule has 172 valence electrons. The van der Waals surface area contributed by atoms with Crippen LogP contribution < -0.4 is 10.9 Å². The molecule has 0 saturated heterocycles. The summed E-state index contributed by atoms with van der Waals surface area (Å²) < 4.78 is 15.3. The molecule has 0 aliphatic heterocycles. The fourth-order valence-electron chi connectivity index (χ4n) is 3.67. The van der Waals surface area contributed by atoms with Gasteiger partial charge in [0.2, 0.25) is 0 Å². The third kappa shape index (κ3) is 4.74. The van der Waals surface area contributed by atoms with Crippen LogP contribution in [0.3, 0.4) is 0 Å². The van der Waals surface area contributed by atoms with Crippen molar-refractivity contribution in [1.29, 1.82) is 0 Å². The van der Waals surface area contributed by atoms with Gasteiger partial charge in [-0.1, -0.05) is 42.5 Å². The minimum absolute atomic E-state index is 0.269. The van der Waals surface area contributed by atoms with E-state index in [0.717, 1.165) is 5.56 Å². The molecule has 5 aromatic rings. The summed E-state index contributed by atoms with van der Waals surface area (Å²) in [6, 6.07) is 20.5. The van der Waals surface area contributed by atoms with E-state index in [1.54, 1.807) is 41.2 Å². The molecular formula is C26H19FN6O2. The Bertz CT molecular complexity index is 1520. The van der Waals surface area contributed by atoms with Gasteiger partial charge in [-0.15, -0.1) is 0 Å². The van der Waals surface area contributed by atoms with Crippen molar-refractivity contribution in [3.8, 4) is 11.3 Å². The van der Waals surface area contributed by atoms with Crippen LogP contribution in [-0.4, -0.2) is 31.6 Å². The lowest BCUT2D eigenvalue weighted by Crippen LogP contribution is -2.41. The average molecular weight is 466 g/mol. The molecule has 0 bridgehead atoms. The van der Waals surface area contributed by atoms with Crippen LogP contribution in [0.5, 0.6) is 0 Å². The maximum Gasteiger partial charge on any atom is 0.271 e. The Morgan fingerprint density at radius 2 is 1.71 bits per heavy atom. The summed E-state index contributed by atoms with van der Waals surface area (Å²) in [5.74, 6) is -1.37. The van der Waals surface area contributed by atoms with E-state index in [-0.39, 0.29) is 17.9 Å². The molecule has 0 aliphatic rings. The number of fused-ring (bicyclic) bond motifs is 1. The van der Waals surface area contributed by atoms with Crippen molar-refractivity contribution in [2.24, 2.45) is 0 Å². The molecule has 0 spiro atoms. The first-order valence-corrected chi connectivity index (χ1v) is 10.8. The second-order valence-electron chi connectivity index (χ2n) is 7.74. The van der Waals surface area contributed by atoms with Crippen molar-refractivity contribution in [3.05, 3.63) is 114 Å². The largest absolute Gasteiger partial charge is 0.271 e. The molecule has 9 heteroatoms. The molecule has 2 amide bonds. The number of pyridine rings is 2. The van der Waals surface area contributed by atoms with Crippen LogP contribution in [0.15, 0.2) is 91.4 Å². The van der Waals surface area contributed by atoms with Gasteiger partial charge in [-0.25, -0.2) is 14.1 Å². The van der Waals surface area contributed by atoms with Gasteiger partial charge in [-0.05, 0) is 35.9 Å². The van der Waals surface area contributed by atoms with Crippen LogP contribution in [0, 0.1) is 5.82 Å². The van der Waals surface area contributed by atoms with Crippen molar-refractivity contribution in [2.75, 3.05) is 0 Å². The highest BCUT2D eigenvalue weighted by Crippen LogP contribution is 2.25. The number of nitrogens with zero attached hydrogens (tertiary/aromatic N) is 4. The van der Waals surface area contributed by atoms with Gasteiger partial charge >= 0.3 is 0 Å². The average Bonchev–Trinajstić information content (AvgIpc) is 3.30. The molecule has 5 rings (SSSR count). The molecule has 0 radical (unpaired) electrons. The Morgan fingerprint density at radius 1 is 0.886 bits per heavy atom. The number of nitrogens with one attached hydrogen (secondary N) is 2. The molecule has 0 aliphatic carbocycles. The zero-order chi connectivity index (χ0) is 24.2. The first-order chi connectivity index (χ1) is 17.1. The van der Waals surface area contributed by atoms with Crippen LogP contribution >= 0.6 is 0 Å². The van der Waals surface area contributed by atoms with E-state index in [1.165, 1.54) is 24.5 Å². The predicted molar refractivity (Wildman–Crippen MR) is 128 cm³/mol. The smallest absolute Gasteiger partial charge is 0.267 e. The number of halogens is 1. The van der Waals surface area contributed by atoms with Gasteiger partial charge in [0.05, 0.1) is 34.9 Å². The summed E-state index contributed by atoms with van der Waals surface area (Å²) in [4.78, 5) is 34.1. The van der Waals surface area contributed by atoms with Crippen LogP contribution in [0.1, 0.15) is 26.3 Å². The second kappa shape index (κ2) is 9.52. The molecule has 35 heavy (non-hydrogen) atoms. The molecule has 0 saturated carbocycles. The van der Waals surface area contributed by atoms with Gasteiger partial charge in [0.25, 0.3) is 11.8 Å².